The number of carbonyl (C=O) groups excluding carboxylic acids is 1. The van der Waals surface area contributed by atoms with E-state index in [1.165, 1.54) is 5.56 Å². The smallest absolute Gasteiger partial charge is 0.217 e. The highest BCUT2D eigenvalue weighted by atomic mass is 35.5. The van der Waals surface area contributed by atoms with Crippen molar-refractivity contribution in [2.75, 3.05) is 0 Å². The first-order valence-electron chi connectivity index (χ1n) is 8.87. The summed E-state index contributed by atoms with van der Waals surface area (Å²) in [6, 6.07) is 22.0. The van der Waals surface area contributed by atoms with E-state index < -0.39 is 0 Å². The van der Waals surface area contributed by atoms with E-state index >= 15 is 0 Å². The highest BCUT2D eigenvalue weighted by Crippen LogP contribution is 2.27. The Morgan fingerprint density at radius 1 is 1.00 bits per heavy atom. The third-order valence-electron chi connectivity index (χ3n) is 4.42. The first-order chi connectivity index (χ1) is 13.0. The number of carbonyl (C=O) groups is 1. The van der Waals surface area contributed by atoms with Crippen molar-refractivity contribution in [2.24, 2.45) is 5.73 Å². The van der Waals surface area contributed by atoms with Crippen LogP contribution in [0.1, 0.15) is 23.1 Å². The van der Waals surface area contributed by atoms with Crippen LogP contribution in [-0.4, -0.2) is 5.91 Å². The van der Waals surface area contributed by atoms with Crippen LogP contribution in [0.3, 0.4) is 0 Å². The molecule has 0 saturated carbocycles. The quantitative estimate of drug-likeness (QED) is 0.604. The van der Waals surface area contributed by atoms with Gasteiger partial charge in [-0.25, -0.2) is 0 Å². The Bertz CT molecular complexity index is 935. The second-order valence-corrected chi connectivity index (χ2v) is 6.99. The van der Waals surface area contributed by atoms with Crippen molar-refractivity contribution < 1.29 is 9.53 Å². The van der Waals surface area contributed by atoms with Crippen LogP contribution in [0.25, 0.3) is 11.1 Å². The number of amides is 1. The molecule has 0 saturated heterocycles. The van der Waals surface area contributed by atoms with Crippen LogP contribution >= 0.6 is 11.6 Å². The number of rotatable bonds is 7. The molecule has 0 aliphatic heterocycles. The molecule has 0 aliphatic rings. The van der Waals surface area contributed by atoms with Gasteiger partial charge >= 0.3 is 0 Å². The molecule has 3 rings (SSSR count). The van der Waals surface area contributed by atoms with Gasteiger partial charge < -0.3 is 10.5 Å². The molecule has 0 aliphatic carbocycles. The molecule has 0 spiro atoms. The Morgan fingerprint density at radius 3 is 2.48 bits per heavy atom. The van der Waals surface area contributed by atoms with Crippen molar-refractivity contribution >= 4 is 17.5 Å². The minimum absolute atomic E-state index is 0.286. The largest absolute Gasteiger partial charge is 0.489 e. The van der Waals surface area contributed by atoms with E-state index in [1.807, 2.05) is 48.5 Å². The van der Waals surface area contributed by atoms with Gasteiger partial charge in [-0.1, -0.05) is 48.0 Å². The van der Waals surface area contributed by atoms with Crippen molar-refractivity contribution in [3.63, 3.8) is 0 Å². The predicted molar refractivity (Wildman–Crippen MR) is 110 cm³/mol. The zero-order valence-corrected chi connectivity index (χ0v) is 16.0. The summed E-state index contributed by atoms with van der Waals surface area (Å²) in [6.07, 6.45) is 1.01. The Balaban J connectivity index is 1.65. The molecule has 0 aromatic heterocycles. The maximum absolute atomic E-state index is 10.9. The molecule has 0 atom stereocenters. The van der Waals surface area contributed by atoms with Crippen molar-refractivity contribution in [1.29, 1.82) is 0 Å². The van der Waals surface area contributed by atoms with Crippen LogP contribution in [0.15, 0.2) is 66.7 Å². The molecule has 27 heavy (non-hydrogen) atoms. The van der Waals surface area contributed by atoms with Gasteiger partial charge in [-0.2, -0.15) is 0 Å². The molecule has 3 nitrogen and oxygen atoms in total. The van der Waals surface area contributed by atoms with E-state index in [9.17, 15) is 4.79 Å². The molecule has 1 amide bonds. The van der Waals surface area contributed by atoms with E-state index in [0.717, 1.165) is 33.0 Å². The minimum atomic E-state index is -0.286. The lowest BCUT2D eigenvalue weighted by atomic mass is 9.99. The fourth-order valence-electron chi connectivity index (χ4n) is 2.97. The highest BCUT2D eigenvalue weighted by molar-refractivity contribution is 6.30. The van der Waals surface area contributed by atoms with Crippen LogP contribution in [0.2, 0.25) is 5.02 Å². The Hall–Kier alpha value is -2.78. The Kier molecular flexibility index (Phi) is 6.15. The number of ether oxygens (including phenoxy) is 1. The summed E-state index contributed by atoms with van der Waals surface area (Å²) in [5.74, 6) is 0.511. The van der Waals surface area contributed by atoms with Crippen LogP contribution < -0.4 is 10.5 Å². The summed E-state index contributed by atoms with van der Waals surface area (Å²) >= 11 is 6.06. The summed E-state index contributed by atoms with van der Waals surface area (Å²) in [4.78, 5) is 10.9. The van der Waals surface area contributed by atoms with Gasteiger partial charge in [-0.3, -0.25) is 4.79 Å². The maximum atomic E-state index is 10.9. The summed E-state index contributed by atoms with van der Waals surface area (Å²) in [5, 5.41) is 0.745. The van der Waals surface area contributed by atoms with Gasteiger partial charge in [0.25, 0.3) is 0 Å². The average Bonchev–Trinajstić information content (AvgIpc) is 2.66. The van der Waals surface area contributed by atoms with Gasteiger partial charge in [-0.15, -0.1) is 0 Å². The van der Waals surface area contributed by atoms with E-state index in [4.69, 9.17) is 22.1 Å². The normalized spacial score (nSPS) is 10.6. The number of benzene rings is 3. The average molecular weight is 380 g/mol. The fraction of sp³-hybridized carbons (Fsp3) is 0.174. The molecule has 0 heterocycles. The molecule has 3 aromatic rings. The van der Waals surface area contributed by atoms with E-state index in [-0.39, 0.29) is 5.91 Å². The molecule has 0 radical (unpaired) electrons. The second-order valence-electron chi connectivity index (χ2n) is 6.56. The number of hydrogen-bond donors (Lipinski definition) is 1. The van der Waals surface area contributed by atoms with Gasteiger partial charge in [-0.05, 0) is 71.5 Å². The molecular formula is C23H22ClNO2. The zero-order chi connectivity index (χ0) is 19.2. The molecular weight excluding hydrogens is 358 g/mol. The van der Waals surface area contributed by atoms with E-state index in [2.05, 4.69) is 25.1 Å². The number of aryl methyl sites for hydroxylation is 2. The zero-order valence-electron chi connectivity index (χ0n) is 15.2. The van der Waals surface area contributed by atoms with Gasteiger partial charge in [0, 0.05) is 11.4 Å². The van der Waals surface area contributed by atoms with Gasteiger partial charge in [0.15, 0.2) is 0 Å². The molecule has 4 heteroatoms. The lowest BCUT2D eigenvalue weighted by Gasteiger charge is -2.10. The monoisotopic (exact) mass is 379 g/mol. The SMILES string of the molecule is Cc1cc(Cl)ccc1-c1cccc(COc2ccc(CCC(N)=O)cc2)c1. The number of hydrogen-bond acceptors (Lipinski definition) is 2. The van der Waals surface area contributed by atoms with E-state index in [0.29, 0.717) is 19.4 Å². The van der Waals surface area contributed by atoms with Crippen LogP contribution in [0, 0.1) is 6.92 Å². The number of nitrogens with two attached hydrogens (primary N) is 1. The van der Waals surface area contributed by atoms with Gasteiger partial charge in [0.2, 0.25) is 5.91 Å². The highest BCUT2D eigenvalue weighted by Gasteiger charge is 2.05. The topological polar surface area (TPSA) is 52.3 Å². The number of halogens is 1. The van der Waals surface area contributed by atoms with Crippen LogP contribution in [0.5, 0.6) is 5.75 Å². The summed E-state index contributed by atoms with van der Waals surface area (Å²) in [6.45, 7) is 2.55. The standard InChI is InChI=1S/C23H22ClNO2/c1-16-13-20(24)8-11-22(16)19-4-2-3-18(14-19)15-27-21-9-5-17(6-10-21)7-12-23(25)26/h2-6,8-11,13-14H,7,12,15H2,1H3,(H2,25,26). The first kappa shape index (κ1) is 19.0. The first-order valence-corrected chi connectivity index (χ1v) is 9.24. The summed E-state index contributed by atoms with van der Waals surface area (Å²) in [7, 11) is 0. The van der Waals surface area contributed by atoms with Gasteiger partial charge in [0.1, 0.15) is 12.4 Å². The Morgan fingerprint density at radius 2 is 1.78 bits per heavy atom. The second kappa shape index (κ2) is 8.74. The van der Waals surface area contributed by atoms with Gasteiger partial charge in [0.05, 0.1) is 0 Å². The van der Waals surface area contributed by atoms with Crippen molar-refractivity contribution in [1.82, 2.24) is 0 Å². The van der Waals surface area contributed by atoms with Crippen LogP contribution in [-0.2, 0) is 17.8 Å². The fourth-order valence-corrected chi connectivity index (χ4v) is 3.19. The molecule has 3 aromatic carbocycles. The van der Waals surface area contributed by atoms with Crippen molar-refractivity contribution in [2.45, 2.75) is 26.4 Å². The third kappa shape index (κ3) is 5.35. The number of primary amides is 1. The summed E-state index contributed by atoms with van der Waals surface area (Å²) < 4.78 is 5.90. The van der Waals surface area contributed by atoms with E-state index in [1.54, 1.807) is 0 Å². The molecule has 0 bridgehead atoms. The predicted octanol–water partition coefficient (Wildman–Crippen LogP) is 5.31. The molecule has 0 unspecified atom stereocenters. The summed E-state index contributed by atoms with van der Waals surface area (Å²) in [5.41, 5.74) is 10.8. The van der Waals surface area contributed by atoms with Crippen molar-refractivity contribution in [3.05, 3.63) is 88.4 Å². The molecule has 0 fully saturated rings. The molecule has 138 valence electrons. The lowest BCUT2D eigenvalue weighted by Crippen LogP contribution is -2.11. The third-order valence-corrected chi connectivity index (χ3v) is 4.65. The Labute approximate surface area is 164 Å². The van der Waals surface area contributed by atoms with Crippen LogP contribution in [0.4, 0.5) is 0 Å². The van der Waals surface area contributed by atoms with Crippen molar-refractivity contribution in [3.8, 4) is 16.9 Å². The minimum Gasteiger partial charge on any atom is -0.489 e. The lowest BCUT2D eigenvalue weighted by molar-refractivity contribution is -0.117. The maximum Gasteiger partial charge on any atom is 0.217 e. The molecule has 2 N–H and O–H groups in total.